The van der Waals surface area contributed by atoms with Gasteiger partial charge in [-0.25, -0.2) is 9.97 Å². The highest BCUT2D eigenvalue weighted by Gasteiger charge is 2.22. The first-order valence-electron chi connectivity index (χ1n) is 6.21. The minimum atomic E-state index is -0.151. The van der Waals surface area contributed by atoms with Gasteiger partial charge in [0, 0.05) is 19.5 Å². The molecule has 2 heterocycles. The third-order valence-corrected chi connectivity index (χ3v) is 4.16. The zero-order valence-corrected chi connectivity index (χ0v) is 13.1. The molecular formula is C14H12N4OS2. The van der Waals surface area contributed by atoms with Crippen molar-refractivity contribution in [1.29, 1.82) is 0 Å². The van der Waals surface area contributed by atoms with Crippen LogP contribution in [-0.4, -0.2) is 34.3 Å². The highest BCUT2D eigenvalue weighted by molar-refractivity contribution is 8.26. The molecule has 5 nitrogen and oxygen atoms in total. The lowest BCUT2D eigenvalue weighted by Crippen LogP contribution is -2.17. The van der Waals surface area contributed by atoms with E-state index in [-0.39, 0.29) is 5.91 Å². The van der Waals surface area contributed by atoms with Crippen LogP contribution in [0.15, 0.2) is 29.4 Å². The summed E-state index contributed by atoms with van der Waals surface area (Å²) in [6.07, 6.45) is 3.37. The number of thiocarbonyl (C=S) groups is 1. The van der Waals surface area contributed by atoms with Crippen molar-refractivity contribution in [2.75, 3.05) is 19.0 Å². The van der Waals surface area contributed by atoms with Crippen molar-refractivity contribution in [3.8, 4) is 0 Å². The van der Waals surface area contributed by atoms with Crippen molar-refractivity contribution < 1.29 is 4.79 Å². The molecule has 106 valence electrons. The van der Waals surface area contributed by atoms with Gasteiger partial charge in [-0.3, -0.25) is 4.79 Å². The molecule has 21 heavy (non-hydrogen) atoms. The van der Waals surface area contributed by atoms with Crippen LogP contribution in [-0.2, 0) is 4.79 Å². The number of amides is 1. The van der Waals surface area contributed by atoms with Crippen LogP contribution in [0.4, 0.5) is 5.82 Å². The van der Waals surface area contributed by atoms with E-state index in [1.54, 1.807) is 6.33 Å². The molecule has 1 fully saturated rings. The highest BCUT2D eigenvalue weighted by Crippen LogP contribution is 2.28. The van der Waals surface area contributed by atoms with Gasteiger partial charge in [0.25, 0.3) is 5.91 Å². The van der Waals surface area contributed by atoms with Gasteiger partial charge in [0.1, 0.15) is 16.5 Å². The number of thioether (sulfide) groups is 1. The smallest absolute Gasteiger partial charge is 0.263 e. The quantitative estimate of drug-likeness (QED) is 0.677. The molecule has 7 heteroatoms. The molecule has 1 aromatic carbocycles. The Morgan fingerprint density at radius 1 is 1.33 bits per heavy atom. The molecule has 0 atom stereocenters. The molecule has 0 bridgehead atoms. The lowest BCUT2D eigenvalue weighted by Gasteiger charge is -2.13. The summed E-state index contributed by atoms with van der Waals surface area (Å²) in [4.78, 5) is 22.8. The lowest BCUT2D eigenvalue weighted by molar-refractivity contribution is -0.115. The van der Waals surface area contributed by atoms with E-state index >= 15 is 0 Å². The molecule has 1 amide bonds. The molecule has 1 N–H and O–H groups in total. The molecule has 1 saturated heterocycles. The molecule has 0 saturated carbocycles. The first-order chi connectivity index (χ1) is 10.0. The standard InChI is InChI=1S/C14H12N4OS2/c1-18(2)12-9-5-8(3-4-10(9)15-7-16-12)6-11-13(19)17-14(20)21-11/h3-7H,1-2H3,(H,17,19,20). The third-order valence-electron chi connectivity index (χ3n) is 3.00. The zero-order valence-electron chi connectivity index (χ0n) is 11.5. The number of hydrogen-bond acceptors (Lipinski definition) is 6. The molecule has 0 spiro atoms. The first kappa shape index (κ1) is 14.0. The number of rotatable bonds is 2. The fourth-order valence-corrected chi connectivity index (χ4v) is 3.12. The highest BCUT2D eigenvalue weighted by atomic mass is 32.2. The minimum Gasteiger partial charge on any atom is -0.362 e. The van der Waals surface area contributed by atoms with Gasteiger partial charge in [-0.1, -0.05) is 30.0 Å². The number of hydrogen-bond donors (Lipinski definition) is 1. The van der Waals surface area contributed by atoms with Gasteiger partial charge in [0.2, 0.25) is 0 Å². The van der Waals surface area contributed by atoms with Crippen LogP contribution in [0.3, 0.4) is 0 Å². The Morgan fingerprint density at radius 2 is 2.14 bits per heavy atom. The van der Waals surface area contributed by atoms with E-state index in [0.717, 1.165) is 22.3 Å². The molecule has 1 aromatic heterocycles. The average Bonchev–Trinajstić information content (AvgIpc) is 2.76. The molecule has 0 unspecified atom stereocenters. The normalized spacial score (nSPS) is 16.6. The van der Waals surface area contributed by atoms with Crippen molar-refractivity contribution in [3.63, 3.8) is 0 Å². The number of nitrogens with one attached hydrogen (secondary N) is 1. The van der Waals surface area contributed by atoms with E-state index in [1.165, 1.54) is 11.8 Å². The Kier molecular flexibility index (Phi) is 3.60. The number of nitrogens with zero attached hydrogens (tertiary/aromatic N) is 3. The fraction of sp³-hybridized carbons (Fsp3) is 0.143. The number of carbonyl (C=O) groups excluding carboxylic acids is 1. The van der Waals surface area contributed by atoms with Gasteiger partial charge in [0.15, 0.2) is 0 Å². The van der Waals surface area contributed by atoms with Crippen LogP contribution in [0, 0.1) is 0 Å². The molecule has 0 aliphatic carbocycles. The summed E-state index contributed by atoms with van der Waals surface area (Å²) in [6, 6.07) is 5.83. The van der Waals surface area contributed by atoms with Crippen LogP contribution < -0.4 is 10.2 Å². The number of aromatic nitrogens is 2. The summed E-state index contributed by atoms with van der Waals surface area (Å²) in [6.45, 7) is 0. The van der Waals surface area contributed by atoms with Crippen molar-refractivity contribution in [2.24, 2.45) is 0 Å². The minimum absolute atomic E-state index is 0.151. The number of anilines is 1. The Labute approximate surface area is 131 Å². The van der Waals surface area contributed by atoms with E-state index < -0.39 is 0 Å². The van der Waals surface area contributed by atoms with E-state index in [2.05, 4.69) is 15.3 Å². The zero-order chi connectivity index (χ0) is 15.0. The van der Waals surface area contributed by atoms with Crippen molar-refractivity contribution >= 4 is 57.0 Å². The van der Waals surface area contributed by atoms with Gasteiger partial charge >= 0.3 is 0 Å². The molecule has 1 aliphatic rings. The predicted octanol–water partition coefficient (Wildman–Crippen LogP) is 2.18. The van der Waals surface area contributed by atoms with Crippen molar-refractivity contribution in [3.05, 3.63) is 35.0 Å². The molecular weight excluding hydrogens is 304 g/mol. The van der Waals surface area contributed by atoms with E-state index in [1.807, 2.05) is 43.3 Å². The summed E-state index contributed by atoms with van der Waals surface area (Å²) in [5.74, 6) is 0.696. The first-order valence-corrected chi connectivity index (χ1v) is 7.44. The second-order valence-corrected chi connectivity index (χ2v) is 6.44. The second kappa shape index (κ2) is 5.42. The average molecular weight is 316 g/mol. The maximum absolute atomic E-state index is 11.7. The number of benzene rings is 1. The van der Waals surface area contributed by atoms with Crippen molar-refractivity contribution in [2.45, 2.75) is 0 Å². The van der Waals surface area contributed by atoms with Crippen LogP contribution in [0.2, 0.25) is 0 Å². The number of fused-ring (bicyclic) bond motifs is 1. The van der Waals surface area contributed by atoms with E-state index in [4.69, 9.17) is 12.2 Å². The van der Waals surface area contributed by atoms with E-state index in [0.29, 0.717) is 9.23 Å². The largest absolute Gasteiger partial charge is 0.362 e. The van der Waals surface area contributed by atoms with Crippen LogP contribution in [0.1, 0.15) is 5.56 Å². The van der Waals surface area contributed by atoms with Gasteiger partial charge in [-0.15, -0.1) is 0 Å². The summed E-state index contributed by atoms with van der Waals surface area (Å²) in [5, 5.41) is 3.56. The van der Waals surface area contributed by atoms with Gasteiger partial charge in [-0.2, -0.15) is 0 Å². The van der Waals surface area contributed by atoms with Crippen LogP contribution >= 0.6 is 24.0 Å². The fourth-order valence-electron chi connectivity index (χ4n) is 2.08. The Balaban J connectivity index is 2.09. The van der Waals surface area contributed by atoms with Gasteiger partial charge < -0.3 is 10.2 Å². The maximum Gasteiger partial charge on any atom is 0.263 e. The predicted molar refractivity (Wildman–Crippen MR) is 90.2 cm³/mol. The summed E-state index contributed by atoms with van der Waals surface area (Å²) < 4.78 is 0.490. The Bertz CT molecular complexity index is 786. The molecule has 0 radical (unpaired) electrons. The van der Waals surface area contributed by atoms with Gasteiger partial charge in [-0.05, 0) is 23.8 Å². The monoisotopic (exact) mass is 316 g/mol. The molecule has 3 rings (SSSR count). The topological polar surface area (TPSA) is 58.1 Å². The Morgan fingerprint density at radius 3 is 2.81 bits per heavy atom. The van der Waals surface area contributed by atoms with Crippen molar-refractivity contribution in [1.82, 2.24) is 15.3 Å². The second-order valence-electron chi connectivity index (χ2n) is 4.72. The van der Waals surface area contributed by atoms with Crippen LogP contribution in [0.5, 0.6) is 0 Å². The third kappa shape index (κ3) is 2.74. The SMILES string of the molecule is CN(C)c1ncnc2ccc(C=C3SC(=S)NC3=O)cc12. The molecule has 2 aromatic rings. The summed E-state index contributed by atoms with van der Waals surface area (Å²) in [7, 11) is 3.87. The van der Waals surface area contributed by atoms with E-state index in [9.17, 15) is 4.79 Å². The maximum atomic E-state index is 11.7. The van der Waals surface area contributed by atoms with Gasteiger partial charge in [0.05, 0.1) is 10.4 Å². The summed E-state index contributed by atoms with van der Waals surface area (Å²) >= 11 is 6.26. The molecule has 1 aliphatic heterocycles. The Hall–Kier alpha value is -1.99. The lowest BCUT2D eigenvalue weighted by atomic mass is 10.1. The number of carbonyl (C=O) groups is 1. The van der Waals surface area contributed by atoms with Crippen LogP contribution in [0.25, 0.3) is 17.0 Å². The summed E-state index contributed by atoms with van der Waals surface area (Å²) in [5.41, 5.74) is 1.79.